The Bertz CT molecular complexity index is 6340. The van der Waals surface area contributed by atoms with Gasteiger partial charge < -0.3 is 28.5 Å². The number of benzene rings is 5. The molecule has 31 heteroatoms. The number of fused-ring (bicyclic) bond motifs is 3. The summed E-state index contributed by atoms with van der Waals surface area (Å²) < 4.78 is 171. The van der Waals surface area contributed by atoms with Crippen LogP contribution in [0.1, 0.15) is 92.0 Å². The molecule has 4 aliphatic rings. The summed E-state index contributed by atoms with van der Waals surface area (Å²) in [5.74, 6) is -5.11. The molecule has 0 spiro atoms. The molecule has 13 heterocycles. The third kappa shape index (κ3) is 18.1. The zero-order valence-electron chi connectivity index (χ0n) is 67.4. The molecule has 624 valence electrons. The predicted molar refractivity (Wildman–Crippen MR) is 467 cm³/mol. The minimum absolute atomic E-state index is 0.0201. The van der Waals surface area contributed by atoms with E-state index in [0.717, 1.165) is 102 Å². The first-order valence-electron chi connectivity index (χ1n) is 39.2. The summed E-state index contributed by atoms with van der Waals surface area (Å²) in [7, 11) is -4.36. The van der Waals surface area contributed by atoms with Gasteiger partial charge in [0.2, 0.25) is 0 Å². The maximum absolute atomic E-state index is 14.7. The third-order valence-corrected chi connectivity index (χ3v) is 29.3. The minimum Gasteiger partial charge on any atom is -0.493 e. The van der Waals surface area contributed by atoms with Crippen LogP contribution in [0.25, 0.3) is 87.4 Å². The second kappa shape index (κ2) is 35.5. The van der Waals surface area contributed by atoms with Crippen LogP contribution in [-0.4, -0.2) is 138 Å². The molecule has 9 aromatic heterocycles. The molecule has 120 heavy (non-hydrogen) atoms. The smallest absolute Gasteiger partial charge is 0.493 e. The quantitative estimate of drug-likeness (QED) is 0.0594. The van der Waals surface area contributed by atoms with Crippen molar-refractivity contribution in [3.8, 4) is 71.5 Å². The summed E-state index contributed by atoms with van der Waals surface area (Å²) in [6.45, 7) is 22.1. The maximum atomic E-state index is 14.7. The largest absolute Gasteiger partial charge is 0.505 e. The minimum atomic E-state index is -4.07. The van der Waals surface area contributed by atoms with Gasteiger partial charge >= 0.3 is 7.12 Å². The average molecular weight is 1790 g/mol. The number of pyridine rings is 3. The first-order chi connectivity index (χ1) is 57.4. The van der Waals surface area contributed by atoms with Gasteiger partial charge in [0.15, 0.2) is 46.0 Å². The predicted octanol–water partition coefficient (Wildman–Crippen LogP) is 20.6. The van der Waals surface area contributed by atoms with Gasteiger partial charge in [0.05, 0.1) is 42.3 Å². The lowest BCUT2D eigenvalue weighted by atomic mass is 9.88. The molecule has 0 amide bonds. The lowest BCUT2D eigenvalue weighted by Crippen LogP contribution is -2.41. The molecule has 4 fully saturated rings. The second-order valence-corrected chi connectivity index (χ2v) is 39.1. The molecule has 0 unspecified atom stereocenters. The van der Waals surface area contributed by atoms with Gasteiger partial charge in [-0.05, 0) is 226 Å². The number of methoxy groups -OCH3 is 3. The van der Waals surface area contributed by atoms with Crippen molar-refractivity contribution in [2.45, 2.75) is 121 Å². The first kappa shape index (κ1) is 85.5. The van der Waals surface area contributed by atoms with Gasteiger partial charge in [-0.25, -0.2) is 66.1 Å². The molecule has 0 atom stereocenters. The van der Waals surface area contributed by atoms with Gasteiger partial charge in [-0.3, -0.25) is 14.7 Å². The number of aromatic amines is 1. The van der Waals surface area contributed by atoms with Crippen molar-refractivity contribution in [1.82, 2.24) is 42.6 Å². The lowest BCUT2D eigenvalue weighted by molar-refractivity contribution is 0.00578. The van der Waals surface area contributed by atoms with Crippen LogP contribution in [0.5, 0.6) is 17.2 Å². The van der Waals surface area contributed by atoms with Crippen molar-refractivity contribution in [1.29, 1.82) is 0 Å². The van der Waals surface area contributed by atoms with Gasteiger partial charge in [0.25, 0.3) is 20.0 Å². The highest BCUT2D eigenvalue weighted by atomic mass is 79.9. The molecule has 0 saturated carbocycles. The topological polar surface area (TPSA) is 188 Å². The molecule has 14 aromatic rings. The highest BCUT2D eigenvalue weighted by molar-refractivity contribution is 9.10. The van der Waals surface area contributed by atoms with E-state index in [0.29, 0.717) is 43.6 Å². The molecule has 0 bridgehead atoms. The monoisotopic (exact) mass is 1790 g/mol. The van der Waals surface area contributed by atoms with E-state index in [2.05, 4.69) is 109 Å². The summed E-state index contributed by atoms with van der Waals surface area (Å²) in [6, 6.07) is 37.0. The van der Waals surface area contributed by atoms with Crippen LogP contribution in [0.2, 0.25) is 0 Å². The summed E-state index contributed by atoms with van der Waals surface area (Å²) in [6.07, 6.45) is 17.0. The maximum Gasteiger partial charge on any atom is 0.505 e. The van der Waals surface area contributed by atoms with Crippen LogP contribution in [0, 0.1) is 48.8 Å². The summed E-state index contributed by atoms with van der Waals surface area (Å²) in [4.78, 5) is 30.1. The fourth-order valence-corrected chi connectivity index (χ4v) is 21.3. The number of ether oxygens (including phenoxy) is 3. The van der Waals surface area contributed by atoms with E-state index in [9.17, 15) is 43.2 Å². The molecule has 1 N–H and O–H groups in total. The van der Waals surface area contributed by atoms with Gasteiger partial charge in [0, 0.05) is 169 Å². The highest BCUT2D eigenvalue weighted by Crippen LogP contribution is 2.46. The zero-order chi connectivity index (χ0) is 84.7. The van der Waals surface area contributed by atoms with Crippen molar-refractivity contribution >= 4 is 115 Å². The number of nitrogens with zero attached hydrogens (tertiary/aromatic N) is 8. The molecule has 0 radical (unpaired) electrons. The molecule has 0 aliphatic carbocycles. The molecule has 18 rings (SSSR count). The Hall–Kier alpha value is -9.51. The number of halogens is 7. The Morgan fingerprint density at radius 3 is 1.26 bits per heavy atom. The fourth-order valence-electron chi connectivity index (χ4n) is 15.3. The third-order valence-electron chi connectivity index (χ3n) is 22.2. The lowest BCUT2D eigenvalue weighted by Gasteiger charge is -2.32. The second-order valence-electron chi connectivity index (χ2n) is 31.0. The van der Waals surface area contributed by atoms with Crippen molar-refractivity contribution in [2.24, 2.45) is 0 Å². The number of aromatic nitrogens is 6. The Kier molecular flexibility index (Phi) is 25.3. The van der Waals surface area contributed by atoms with Crippen LogP contribution in [0.15, 0.2) is 191 Å². The average Bonchev–Trinajstić information content (AvgIpc) is 1.59. The number of aryl methyl sites for hydroxylation is 2. The summed E-state index contributed by atoms with van der Waals surface area (Å²) >= 11 is 8.56. The molecule has 5 aromatic carbocycles. The van der Waals surface area contributed by atoms with Crippen LogP contribution < -0.4 is 19.0 Å². The van der Waals surface area contributed by atoms with E-state index >= 15 is 0 Å². The Morgan fingerprint density at radius 1 is 0.458 bits per heavy atom. The van der Waals surface area contributed by atoms with Crippen molar-refractivity contribution in [3.63, 3.8) is 0 Å². The van der Waals surface area contributed by atoms with Crippen molar-refractivity contribution in [3.05, 3.63) is 242 Å². The van der Waals surface area contributed by atoms with Crippen LogP contribution >= 0.6 is 49.9 Å². The number of likely N-dealkylation sites (tertiary alicyclic amines) is 3. The number of hydrogen-bond acceptors (Lipinski definition) is 18. The van der Waals surface area contributed by atoms with E-state index in [1.807, 2.05) is 49.6 Å². The van der Waals surface area contributed by atoms with E-state index in [4.69, 9.17) is 23.5 Å². The van der Waals surface area contributed by atoms with Crippen LogP contribution in [0.4, 0.5) is 26.3 Å². The van der Waals surface area contributed by atoms with Crippen molar-refractivity contribution < 1.29 is 66.7 Å². The summed E-state index contributed by atoms with van der Waals surface area (Å²) in [5.41, 5.74) is 5.79. The Morgan fingerprint density at radius 2 is 0.833 bits per heavy atom. The molecule has 4 aliphatic heterocycles. The van der Waals surface area contributed by atoms with E-state index in [1.165, 1.54) is 154 Å². The van der Waals surface area contributed by atoms with Crippen LogP contribution in [0.3, 0.4) is 0 Å². The van der Waals surface area contributed by atoms with E-state index in [1.54, 1.807) is 65.4 Å². The number of nitrogens with one attached hydrogen (secondary N) is 1. The van der Waals surface area contributed by atoms with Gasteiger partial charge in [0.1, 0.15) is 23.1 Å². The van der Waals surface area contributed by atoms with E-state index < -0.39 is 54.9 Å². The Labute approximate surface area is 713 Å². The van der Waals surface area contributed by atoms with Gasteiger partial charge in [-0.1, -0.05) is 41.5 Å². The van der Waals surface area contributed by atoms with Crippen molar-refractivity contribution in [2.75, 3.05) is 60.6 Å². The fraction of sp³-hybridized carbons (Fsp3) is 0.292. The molecule has 18 nitrogen and oxygen atoms in total. The number of hydrogen-bond donors (Lipinski definition) is 1. The Balaban J connectivity index is 0.000000128. The zero-order valence-corrected chi connectivity index (χ0v) is 73.0. The van der Waals surface area contributed by atoms with E-state index in [-0.39, 0.29) is 73.3 Å². The standard InChI is InChI=1S/C30H27F2N3O3S2.C23H21F2N3OS.C21H15BrF2N2O3S.C15H24BNO2S/c1-19-5-8-23(9-6-19)40(36,37)35-18-26(24-14-21(31)15-27(32)29(24)38-2)25-13-20(16-33-30(25)35)28-10-7-22(39-28)17-34-11-3-4-12-34;1-29-22-17(9-15(24)10-20(22)25)19-12-27-23-18(19)8-14(11-26-23)21-5-4-16(30-21)13-28-6-2-3-7-28;1-12-3-5-15(6-4-12)30(27,28)26-11-18(17-7-13(22)10-25-21(17)26)16-8-14(23)9-19(24)20(16)29-2;1-14(2)15(3,4)19-16(18-14)13-8-7-12(20-13)11-17-9-5-6-10-17/h5-10,13-16,18H,3-4,11-12,17H2,1-2H3;4-5,8-12H,2-3,6-7,13H2,1H3,(H,26,27);3-11H,1-2H3;7-8H,5-6,9-11H2,1-4H3. The normalized spacial score (nSPS) is 15.6. The highest BCUT2D eigenvalue weighted by Gasteiger charge is 2.52. The van der Waals surface area contributed by atoms with Gasteiger partial charge in [-0.2, -0.15) is 0 Å². The molecular formula is C89H87BBrF6N9O9S5. The SMILES string of the molecule is CC1(C)OB(c2ccc(CN3CCCC3)s2)OC1(C)C.COc1c(F)cc(F)cc1-c1c[nH]c2ncc(-c3ccc(CN4CCCC4)s3)cc12.COc1c(F)cc(F)cc1-c1cn(S(=O)(=O)c2ccc(C)cc2)c2ncc(-c3ccc(CN4CCCC4)s3)cc12.COc1c(F)cc(F)cc1-c1cn(S(=O)(=O)c2ccc(C)cc2)c2ncc(Br)cc12. The molecular weight excluding hydrogens is 1700 g/mol. The molecule has 4 saturated heterocycles. The van der Waals surface area contributed by atoms with Crippen LogP contribution in [-0.2, 0) is 49.0 Å². The van der Waals surface area contributed by atoms with Gasteiger partial charge in [-0.15, -0.1) is 34.0 Å². The first-order valence-corrected chi connectivity index (χ1v) is 45.3. The summed E-state index contributed by atoms with van der Waals surface area (Å²) in [5, 5.41) is 1.62. The number of H-pyrrole nitrogens is 1. The number of rotatable bonds is 19. The number of thiophene rings is 3.